The first-order valence-electron chi connectivity index (χ1n) is 7.22. The van der Waals surface area contributed by atoms with E-state index < -0.39 is 0 Å². The molecule has 22 heavy (non-hydrogen) atoms. The number of rotatable bonds is 6. The number of hydrogen-bond acceptors (Lipinski definition) is 3. The Bertz CT molecular complexity index is 622. The van der Waals surface area contributed by atoms with E-state index in [2.05, 4.69) is 5.32 Å². The van der Waals surface area contributed by atoms with Crippen LogP contribution in [0.1, 0.15) is 30.0 Å². The van der Waals surface area contributed by atoms with E-state index in [0.29, 0.717) is 6.54 Å². The SMILES string of the molecule is Cc1ccc(CN(C)CC(=O)NC(C)c2ccc(F)cc2)o1. The summed E-state index contributed by atoms with van der Waals surface area (Å²) in [5.41, 5.74) is 0.874. The van der Waals surface area contributed by atoms with E-state index in [1.807, 2.05) is 37.9 Å². The minimum absolute atomic E-state index is 0.0809. The number of carbonyl (C=O) groups excluding carboxylic acids is 1. The van der Waals surface area contributed by atoms with Crippen molar-refractivity contribution in [1.82, 2.24) is 10.2 Å². The monoisotopic (exact) mass is 304 g/mol. The van der Waals surface area contributed by atoms with E-state index in [-0.39, 0.29) is 24.3 Å². The molecule has 0 aliphatic carbocycles. The van der Waals surface area contributed by atoms with Gasteiger partial charge in [0.2, 0.25) is 5.91 Å². The van der Waals surface area contributed by atoms with Gasteiger partial charge in [-0.25, -0.2) is 4.39 Å². The molecule has 1 aromatic carbocycles. The van der Waals surface area contributed by atoms with Gasteiger partial charge in [0.05, 0.1) is 19.1 Å². The van der Waals surface area contributed by atoms with Gasteiger partial charge in [0.25, 0.3) is 0 Å². The standard InChI is InChI=1S/C17H21FN2O2/c1-12-4-9-16(22-12)10-20(3)11-17(21)19-13(2)14-5-7-15(18)8-6-14/h4-9,13H,10-11H2,1-3H3,(H,19,21). The van der Waals surface area contributed by atoms with Gasteiger partial charge in [-0.2, -0.15) is 0 Å². The lowest BCUT2D eigenvalue weighted by molar-refractivity contribution is -0.122. The molecule has 118 valence electrons. The number of aryl methyl sites for hydroxylation is 1. The Morgan fingerprint density at radius 3 is 2.55 bits per heavy atom. The van der Waals surface area contributed by atoms with Crippen molar-refractivity contribution in [3.63, 3.8) is 0 Å². The number of amides is 1. The molecule has 1 amide bonds. The maximum atomic E-state index is 12.9. The maximum absolute atomic E-state index is 12.9. The predicted molar refractivity (Wildman–Crippen MR) is 82.7 cm³/mol. The molecule has 0 saturated heterocycles. The van der Waals surface area contributed by atoms with Crippen molar-refractivity contribution in [2.45, 2.75) is 26.4 Å². The first-order chi connectivity index (χ1) is 10.4. The third kappa shape index (κ3) is 4.70. The molecular formula is C17H21FN2O2. The second-order valence-corrected chi connectivity index (χ2v) is 5.53. The van der Waals surface area contributed by atoms with E-state index in [4.69, 9.17) is 4.42 Å². The highest BCUT2D eigenvalue weighted by Crippen LogP contribution is 2.13. The molecule has 1 heterocycles. The molecule has 1 atom stereocenters. The average Bonchev–Trinajstić information content (AvgIpc) is 2.84. The van der Waals surface area contributed by atoms with Crippen LogP contribution >= 0.6 is 0 Å². The van der Waals surface area contributed by atoms with Crippen molar-refractivity contribution in [2.24, 2.45) is 0 Å². The molecule has 5 heteroatoms. The molecule has 1 aromatic heterocycles. The van der Waals surface area contributed by atoms with Crippen LogP contribution in [0.4, 0.5) is 4.39 Å². The van der Waals surface area contributed by atoms with Crippen molar-refractivity contribution >= 4 is 5.91 Å². The lowest BCUT2D eigenvalue weighted by Crippen LogP contribution is -2.36. The van der Waals surface area contributed by atoms with Crippen LogP contribution in [0.25, 0.3) is 0 Å². The Kier molecular flexibility index (Phi) is 5.33. The molecule has 4 nitrogen and oxygen atoms in total. The summed E-state index contributed by atoms with van der Waals surface area (Å²) in [6.45, 7) is 4.61. The Balaban J connectivity index is 1.82. The molecule has 0 saturated carbocycles. The molecule has 0 aliphatic heterocycles. The van der Waals surface area contributed by atoms with Gasteiger partial charge in [-0.3, -0.25) is 9.69 Å². The first kappa shape index (κ1) is 16.2. The number of nitrogens with zero attached hydrogens (tertiary/aromatic N) is 1. The number of halogens is 1. The van der Waals surface area contributed by atoms with Gasteiger partial charge in [-0.15, -0.1) is 0 Å². The maximum Gasteiger partial charge on any atom is 0.234 e. The summed E-state index contributed by atoms with van der Waals surface area (Å²) in [4.78, 5) is 13.9. The zero-order valence-corrected chi connectivity index (χ0v) is 13.1. The van der Waals surface area contributed by atoms with E-state index >= 15 is 0 Å². The number of hydrogen-bond donors (Lipinski definition) is 1. The van der Waals surface area contributed by atoms with Gasteiger partial charge in [0, 0.05) is 0 Å². The van der Waals surface area contributed by atoms with Crippen molar-refractivity contribution in [3.05, 3.63) is 59.3 Å². The second-order valence-electron chi connectivity index (χ2n) is 5.53. The van der Waals surface area contributed by atoms with E-state index in [0.717, 1.165) is 17.1 Å². The van der Waals surface area contributed by atoms with Crippen molar-refractivity contribution < 1.29 is 13.6 Å². The van der Waals surface area contributed by atoms with Gasteiger partial charge in [0.1, 0.15) is 17.3 Å². The number of furan rings is 1. The number of nitrogens with one attached hydrogen (secondary N) is 1. The van der Waals surface area contributed by atoms with Crippen LogP contribution in [0.2, 0.25) is 0 Å². The third-order valence-electron chi connectivity index (χ3n) is 3.38. The molecule has 0 bridgehead atoms. The Labute approximate surface area is 129 Å². The zero-order chi connectivity index (χ0) is 16.1. The number of benzene rings is 1. The fourth-order valence-corrected chi connectivity index (χ4v) is 2.26. The molecule has 0 spiro atoms. The molecule has 0 aliphatic rings. The summed E-state index contributed by atoms with van der Waals surface area (Å²) in [7, 11) is 1.86. The molecule has 2 aromatic rings. The van der Waals surface area contributed by atoms with E-state index in [1.165, 1.54) is 12.1 Å². The summed E-state index contributed by atoms with van der Waals surface area (Å²) >= 11 is 0. The lowest BCUT2D eigenvalue weighted by Gasteiger charge is -2.18. The molecule has 0 fully saturated rings. The van der Waals surface area contributed by atoms with Crippen LogP contribution < -0.4 is 5.32 Å². The largest absolute Gasteiger partial charge is 0.465 e. The van der Waals surface area contributed by atoms with E-state index in [9.17, 15) is 9.18 Å². The molecule has 2 rings (SSSR count). The molecule has 1 N–H and O–H groups in total. The van der Waals surface area contributed by atoms with Gasteiger partial charge in [0.15, 0.2) is 0 Å². The summed E-state index contributed by atoms with van der Waals surface area (Å²) in [5, 5.41) is 2.90. The first-order valence-corrected chi connectivity index (χ1v) is 7.22. The van der Waals surface area contributed by atoms with Crippen LogP contribution in [-0.4, -0.2) is 24.4 Å². The fourth-order valence-electron chi connectivity index (χ4n) is 2.26. The summed E-state index contributed by atoms with van der Waals surface area (Å²) in [6, 6.07) is 9.79. The summed E-state index contributed by atoms with van der Waals surface area (Å²) in [6.07, 6.45) is 0. The molecule has 0 radical (unpaired) electrons. The number of likely N-dealkylation sites (N-methyl/N-ethyl adjacent to an activating group) is 1. The highest BCUT2D eigenvalue weighted by molar-refractivity contribution is 5.78. The number of carbonyl (C=O) groups is 1. The highest BCUT2D eigenvalue weighted by Gasteiger charge is 2.12. The third-order valence-corrected chi connectivity index (χ3v) is 3.38. The van der Waals surface area contributed by atoms with Crippen LogP contribution in [0.15, 0.2) is 40.8 Å². The highest BCUT2D eigenvalue weighted by atomic mass is 19.1. The van der Waals surface area contributed by atoms with Crippen LogP contribution in [-0.2, 0) is 11.3 Å². The topological polar surface area (TPSA) is 45.5 Å². The van der Waals surface area contributed by atoms with Crippen molar-refractivity contribution in [2.75, 3.05) is 13.6 Å². The van der Waals surface area contributed by atoms with Crippen LogP contribution in [0.3, 0.4) is 0 Å². The van der Waals surface area contributed by atoms with Crippen LogP contribution in [0.5, 0.6) is 0 Å². The predicted octanol–water partition coefficient (Wildman–Crippen LogP) is 3.04. The van der Waals surface area contributed by atoms with Crippen molar-refractivity contribution in [1.29, 1.82) is 0 Å². The lowest BCUT2D eigenvalue weighted by atomic mass is 10.1. The van der Waals surface area contributed by atoms with E-state index in [1.54, 1.807) is 12.1 Å². The van der Waals surface area contributed by atoms with Crippen LogP contribution in [0, 0.1) is 12.7 Å². The summed E-state index contributed by atoms with van der Waals surface area (Å²) < 4.78 is 18.4. The average molecular weight is 304 g/mol. The molecule has 1 unspecified atom stereocenters. The normalized spacial score (nSPS) is 12.4. The van der Waals surface area contributed by atoms with Gasteiger partial charge in [-0.1, -0.05) is 12.1 Å². The summed E-state index contributed by atoms with van der Waals surface area (Å²) in [5.74, 6) is 1.33. The van der Waals surface area contributed by atoms with Gasteiger partial charge < -0.3 is 9.73 Å². The fraction of sp³-hybridized carbons (Fsp3) is 0.353. The van der Waals surface area contributed by atoms with Crippen molar-refractivity contribution in [3.8, 4) is 0 Å². The quantitative estimate of drug-likeness (QED) is 0.892. The Morgan fingerprint density at radius 2 is 1.95 bits per heavy atom. The zero-order valence-electron chi connectivity index (χ0n) is 13.1. The van der Waals surface area contributed by atoms with Gasteiger partial charge >= 0.3 is 0 Å². The minimum Gasteiger partial charge on any atom is -0.465 e. The second kappa shape index (κ2) is 7.22. The molecular weight excluding hydrogens is 283 g/mol. The minimum atomic E-state index is -0.282. The Hall–Kier alpha value is -2.14. The Morgan fingerprint density at radius 1 is 1.27 bits per heavy atom. The smallest absolute Gasteiger partial charge is 0.234 e. The van der Waals surface area contributed by atoms with Gasteiger partial charge in [-0.05, 0) is 50.7 Å².